The molecule has 0 aromatic heterocycles. The first-order valence-corrected chi connectivity index (χ1v) is 4.18. The Balaban J connectivity index is 2.53. The molecule has 0 unspecified atom stereocenters. The van der Waals surface area contributed by atoms with Crippen LogP contribution in [-0.4, -0.2) is 48.2 Å². The van der Waals surface area contributed by atoms with Crippen molar-refractivity contribution in [2.24, 2.45) is 5.16 Å². The van der Waals surface area contributed by atoms with E-state index in [0.717, 1.165) is 26.3 Å². The Morgan fingerprint density at radius 1 is 1.42 bits per heavy atom. The van der Waals surface area contributed by atoms with Crippen molar-refractivity contribution in [3.05, 3.63) is 0 Å². The monoisotopic (exact) mass is 172 g/mol. The lowest BCUT2D eigenvalue weighted by Crippen LogP contribution is -2.50. The van der Waals surface area contributed by atoms with Crippen molar-refractivity contribution >= 4 is 6.21 Å². The van der Waals surface area contributed by atoms with E-state index in [-0.39, 0.29) is 5.54 Å². The van der Waals surface area contributed by atoms with E-state index in [9.17, 15) is 0 Å². The molecular formula is C8H16N2O2. The SMILES string of the molecule is CC(C)(/C=N/O)N1CCOCC1. The van der Waals surface area contributed by atoms with Crippen LogP contribution in [0.1, 0.15) is 13.8 Å². The van der Waals surface area contributed by atoms with Gasteiger partial charge in [-0.15, -0.1) is 5.16 Å². The van der Waals surface area contributed by atoms with Crippen molar-refractivity contribution < 1.29 is 9.94 Å². The Morgan fingerprint density at radius 2 is 2.00 bits per heavy atom. The van der Waals surface area contributed by atoms with Gasteiger partial charge in [-0.05, 0) is 13.8 Å². The summed E-state index contributed by atoms with van der Waals surface area (Å²) in [5.74, 6) is 0. The van der Waals surface area contributed by atoms with E-state index in [0.29, 0.717) is 0 Å². The van der Waals surface area contributed by atoms with E-state index in [1.807, 2.05) is 13.8 Å². The van der Waals surface area contributed by atoms with Crippen molar-refractivity contribution in [2.75, 3.05) is 26.3 Å². The molecule has 1 saturated heterocycles. The van der Waals surface area contributed by atoms with Crippen LogP contribution in [0.2, 0.25) is 0 Å². The Kier molecular flexibility index (Phi) is 3.05. The van der Waals surface area contributed by atoms with E-state index in [1.54, 1.807) is 6.21 Å². The summed E-state index contributed by atoms with van der Waals surface area (Å²) < 4.78 is 5.22. The van der Waals surface area contributed by atoms with Crippen molar-refractivity contribution in [1.29, 1.82) is 0 Å². The summed E-state index contributed by atoms with van der Waals surface area (Å²) in [5, 5.41) is 11.5. The molecule has 0 amide bonds. The average Bonchev–Trinajstić information content (AvgIpc) is 2.06. The summed E-state index contributed by atoms with van der Waals surface area (Å²) in [4.78, 5) is 2.23. The van der Waals surface area contributed by atoms with Gasteiger partial charge in [0.05, 0.1) is 25.0 Å². The molecule has 1 aliphatic heterocycles. The largest absolute Gasteiger partial charge is 0.411 e. The molecule has 4 heteroatoms. The maximum atomic E-state index is 8.44. The molecule has 0 atom stereocenters. The molecule has 12 heavy (non-hydrogen) atoms. The van der Waals surface area contributed by atoms with Gasteiger partial charge in [-0.25, -0.2) is 0 Å². The predicted octanol–water partition coefficient (Wildman–Crippen LogP) is 0.557. The number of ether oxygens (including phenoxy) is 1. The van der Waals surface area contributed by atoms with Crippen LogP contribution in [0.3, 0.4) is 0 Å². The van der Waals surface area contributed by atoms with Gasteiger partial charge in [0.2, 0.25) is 0 Å². The predicted molar refractivity (Wildman–Crippen MR) is 46.7 cm³/mol. The molecule has 1 rings (SSSR count). The highest BCUT2D eigenvalue weighted by Crippen LogP contribution is 2.13. The summed E-state index contributed by atoms with van der Waals surface area (Å²) >= 11 is 0. The van der Waals surface area contributed by atoms with Crippen LogP contribution < -0.4 is 0 Å². The number of nitrogens with zero attached hydrogens (tertiary/aromatic N) is 2. The number of morpholine rings is 1. The van der Waals surface area contributed by atoms with Crippen molar-refractivity contribution in [2.45, 2.75) is 19.4 Å². The lowest BCUT2D eigenvalue weighted by atomic mass is 10.0. The van der Waals surface area contributed by atoms with Gasteiger partial charge >= 0.3 is 0 Å². The molecule has 1 heterocycles. The zero-order chi connectivity index (χ0) is 9.03. The fourth-order valence-electron chi connectivity index (χ4n) is 1.36. The molecule has 0 aliphatic carbocycles. The van der Waals surface area contributed by atoms with Crippen LogP contribution in [0.5, 0.6) is 0 Å². The van der Waals surface area contributed by atoms with Crippen molar-refractivity contribution in [3.63, 3.8) is 0 Å². The van der Waals surface area contributed by atoms with Gasteiger partial charge in [0.1, 0.15) is 0 Å². The van der Waals surface area contributed by atoms with Crippen LogP contribution in [-0.2, 0) is 4.74 Å². The summed E-state index contributed by atoms with van der Waals surface area (Å²) in [6, 6.07) is 0. The number of rotatable bonds is 2. The molecule has 70 valence electrons. The molecular weight excluding hydrogens is 156 g/mol. The number of hydrogen-bond acceptors (Lipinski definition) is 4. The zero-order valence-electron chi connectivity index (χ0n) is 7.66. The van der Waals surface area contributed by atoms with E-state index >= 15 is 0 Å². The van der Waals surface area contributed by atoms with E-state index < -0.39 is 0 Å². The molecule has 1 fully saturated rings. The summed E-state index contributed by atoms with van der Waals surface area (Å²) in [5.41, 5.74) is -0.168. The van der Waals surface area contributed by atoms with Gasteiger partial charge in [-0.2, -0.15) is 0 Å². The molecule has 0 radical (unpaired) electrons. The second-order valence-electron chi connectivity index (χ2n) is 3.50. The van der Waals surface area contributed by atoms with Crippen LogP contribution >= 0.6 is 0 Å². The maximum absolute atomic E-state index is 8.44. The second-order valence-corrected chi connectivity index (χ2v) is 3.50. The fraction of sp³-hybridized carbons (Fsp3) is 0.875. The number of oxime groups is 1. The van der Waals surface area contributed by atoms with E-state index in [4.69, 9.17) is 9.94 Å². The number of hydrogen-bond donors (Lipinski definition) is 1. The minimum Gasteiger partial charge on any atom is -0.411 e. The standard InChI is InChI=1S/C8H16N2O2/c1-8(2,7-9-11)10-3-5-12-6-4-10/h7,11H,3-6H2,1-2H3/b9-7+. The summed E-state index contributed by atoms with van der Waals surface area (Å²) in [7, 11) is 0. The molecule has 0 bridgehead atoms. The first-order chi connectivity index (χ1) is 5.67. The van der Waals surface area contributed by atoms with Gasteiger partial charge in [-0.3, -0.25) is 4.90 Å². The Bertz CT molecular complexity index is 162. The lowest BCUT2D eigenvalue weighted by Gasteiger charge is -2.37. The average molecular weight is 172 g/mol. The summed E-state index contributed by atoms with van der Waals surface area (Å²) in [6.45, 7) is 7.39. The van der Waals surface area contributed by atoms with Crippen molar-refractivity contribution in [1.82, 2.24) is 4.90 Å². The third kappa shape index (κ3) is 2.19. The minimum absolute atomic E-state index is 0.168. The first kappa shape index (κ1) is 9.48. The summed E-state index contributed by atoms with van der Waals surface area (Å²) in [6.07, 6.45) is 1.55. The van der Waals surface area contributed by atoms with Gasteiger partial charge in [0.25, 0.3) is 0 Å². The third-order valence-corrected chi connectivity index (χ3v) is 2.20. The van der Waals surface area contributed by atoms with Gasteiger partial charge in [0, 0.05) is 13.1 Å². The van der Waals surface area contributed by atoms with Crippen LogP contribution in [0.15, 0.2) is 5.16 Å². The second kappa shape index (κ2) is 3.87. The first-order valence-electron chi connectivity index (χ1n) is 4.18. The van der Waals surface area contributed by atoms with Crippen molar-refractivity contribution in [3.8, 4) is 0 Å². The van der Waals surface area contributed by atoms with Gasteiger partial charge in [-0.1, -0.05) is 0 Å². The molecule has 1 aliphatic rings. The normalized spacial score (nSPS) is 21.8. The van der Waals surface area contributed by atoms with Crippen LogP contribution in [0, 0.1) is 0 Å². The van der Waals surface area contributed by atoms with Gasteiger partial charge in [0.15, 0.2) is 0 Å². The molecule has 1 N–H and O–H groups in total. The van der Waals surface area contributed by atoms with E-state index in [2.05, 4.69) is 10.1 Å². The lowest BCUT2D eigenvalue weighted by molar-refractivity contribution is 0.0107. The third-order valence-electron chi connectivity index (χ3n) is 2.20. The van der Waals surface area contributed by atoms with Crippen LogP contribution in [0.4, 0.5) is 0 Å². The highest BCUT2D eigenvalue weighted by Gasteiger charge is 2.26. The Hall–Kier alpha value is -0.610. The van der Waals surface area contributed by atoms with E-state index in [1.165, 1.54) is 0 Å². The molecule has 0 aromatic rings. The quantitative estimate of drug-likeness (QED) is 0.376. The minimum atomic E-state index is -0.168. The molecule has 0 spiro atoms. The highest BCUT2D eigenvalue weighted by atomic mass is 16.5. The Labute approximate surface area is 72.8 Å². The molecule has 0 aromatic carbocycles. The Morgan fingerprint density at radius 3 is 2.50 bits per heavy atom. The van der Waals surface area contributed by atoms with Crippen LogP contribution in [0.25, 0.3) is 0 Å². The topological polar surface area (TPSA) is 45.1 Å². The highest BCUT2D eigenvalue weighted by molar-refractivity contribution is 5.68. The van der Waals surface area contributed by atoms with Gasteiger partial charge < -0.3 is 9.94 Å². The zero-order valence-corrected chi connectivity index (χ0v) is 7.66. The fourth-order valence-corrected chi connectivity index (χ4v) is 1.36. The molecule has 4 nitrogen and oxygen atoms in total. The smallest absolute Gasteiger partial charge is 0.0633 e. The maximum Gasteiger partial charge on any atom is 0.0633 e. The molecule has 0 saturated carbocycles.